The van der Waals surface area contributed by atoms with Crippen molar-refractivity contribution in [2.45, 2.75) is 10.1 Å². The summed E-state index contributed by atoms with van der Waals surface area (Å²) in [5.74, 6) is 0. The number of aromatic nitrogens is 1. The first-order chi connectivity index (χ1) is 9.67. The second-order valence-electron chi connectivity index (χ2n) is 4.03. The number of nitriles is 1. The maximum atomic E-state index is 9.19. The number of halogens is 1. The van der Waals surface area contributed by atoms with Crippen molar-refractivity contribution in [1.29, 1.82) is 5.26 Å². The quantitative estimate of drug-likeness (QED) is 0.704. The van der Waals surface area contributed by atoms with Crippen LogP contribution in [-0.4, -0.2) is 4.98 Å². The Kier molecular flexibility index (Phi) is 3.38. The number of anilines is 1. The Labute approximate surface area is 127 Å². The highest BCUT2D eigenvalue weighted by Crippen LogP contribution is 2.34. The summed E-state index contributed by atoms with van der Waals surface area (Å²) in [6, 6.07) is 13.0. The second-order valence-corrected chi connectivity index (χ2v) is 5.88. The normalized spacial score (nSPS) is 10.6. The fourth-order valence-corrected chi connectivity index (χ4v) is 3.21. The molecule has 0 atom stereocenters. The molecule has 0 aliphatic carbocycles. The molecule has 0 saturated carbocycles. The van der Waals surface area contributed by atoms with Gasteiger partial charge < -0.3 is 10.2 Å². The molecule has 2 N–H and O–H groups in total. The third-order valence-electron chi connectivity index (χ3n) is 2.68. The van der Waals surface area contributed by atoms with Gasteiger partial charge in [0.15, 0.2) is 5.58 Å². The predicted molar refractivity (Wildman–Crippen MR) is 81.4 cm³/mol. The average Bonchev–Trinajstić information content (AvgIpc) is 2.80. The lowest BCUT2D eigenvalue weighted by Crippen LogP contribution is -1.83. The van der Waals surface area contributed by atoms with Gasteiger partial charge in [0.1, 0.15) is 11.6 Å². The summed E-state index contributed by atoms with van der Waals surface area (Å²) in [6.45, 7) is 0. The first kappa shape index (κ1) is 13.0. The van der Waals surface area contributed by atoms with E-state index >= 15 is 0 Å². The van der Waals surface area contributed by atoms with Crippen LogP contribution in [0.25, 0.3) is 11.1 Å². The molecule has 1 heterocycles. The summed E-state index contributed by atoms with van der Waals surface area (Å²) in [7, 11) is 0. The Morgan fingerprint density at radius 3 is 2.95 bits per heavy atom. The number of fused-ring (bicyclic) bond motifs is 1. The van der Waals surface area contributed by atoms with Gasteiger partial charge in [-0.25, -0.2) is 4.98 Å². The number of nitrogens with two attached hydrogens (primary N) is 1. The van der Waals surface area contributed by atoms with E-state index in [1.807, 2.05) is 24.3 Å². The van der Waals surface area contributed by atoms with Crippen molar-refractivity contribution in [1.82, 2.24) is 4.98 Å². The summed E-state index contributed by atoms with van der Waals surface area (Å²) in [5, 5.41) is 9.68. The SMILES string of the molecule is N#Cc1c(Br)cccc1Sc1nc2ccc(N)cc2o1. The van der Waals surface area contributed by atoms with Gasteiger partial charge in [0, 0.05) is 21.1 Å². The largest absolute Gasteiger partial charge is 0.431 e. The van der Waals surface area contributed by atoms with Gasteiger partial charge in [-0.3, -0.25) is 0 Å². The van der Waals surface area contributed by atoms with Crippen LogP contribution in [0, 0.1) is 11.3 Å². The van der Waals surface area contributed by atoms with Gasteiger partial charge in [-0.1, -0.05) is 6.07 Å². The zero-order chi connectivity index (χ0) is 14.1. The van der Waals surface area contributed by atoms with E-state index in [9.17, 15) is 5.26 Å². The Hall–Kier alpha value is -1.97. The number of hydrogen-bond acceptors (Lipinski definition) is 5. The third-order valence-corrected chi connectivity index (χ3v) is 4.25. The topological polar surface area (TPSA) is 75.8 Å². The molecule has 0 fully saturated rings. The van der Waals surface area contributed by atoms with Crippen molar-refractivity contribution in [2.24, 2.45) is 0 Å². The van der Waals surface area contributed by atoms with Crippen LogP contribution in [0.5, 0.6) is 0 Å². The van der Waals surface area contributed by atoms with Crippen LogP contribution >= 0.6 is 27.7 Å². The average molecular weight is 346 g/mol. The molecule has 0 aliphatic rings. The molecule has 0 aliphatic heterocycles. The van der Waals surface area contributed by atoms with E-state index in [2.05, 4.69) is 27.0 Å². The van der Waals surface area contributed by atoms with Crippen molar-refractivity contribution < 1.29 is 4.42 Å². The number of hydrogen-bond donors (Lipinski definition) is 1. The summed E-state index contributed by atoms with van der Waals surface area (Å²) in [4.78, 5) is 5.16. The second kappa shape index (κ2) is 5.19. The molecule has 1 aromatic heterocycles. The lowest BCUT2D eigenvalue weighted by Gasteiger charge is -2.01. The minimum Gasteiger partial charge on any atom is -0.431 e. The van der Waals surface area contributed by atoms with E-state index in [0.29, 0.717) is 22.1 Å². The smallest absolute Gasteiger partial charge is 0.261 e. The van der Waals surface area contributed by atoms with Crippen molar-refractivity contribution in [3.8, 4) is 6.07 Å². The standard InChI is InChI=1S/C14H8BrN3OS/c15-10-2-1-3-13(9(10)7-16)20-14-18-11-5-4-8(17)6-12(11)19-14/h1-6H,17H2. The van der Waals surface area contributed by atoms with Crippen LogP contribution in [0.1, 0.15) is 5.56 Å². The van der Waals surface area contributed by atoms with Gasteiger partial charge in [-0.2, -0.15) is 5.26 Å². The number of nitrogen functional groups attached to an aromatic ring is 1. The maximum absolute atomic E-state index is 9.19. The van der Waals surface area contributed by atoms with Crippen LogP contribution < -0.4 is 5.73 Å². The van der Waals surface area contributed by atoms with Gasteiger partial charge in [0.25, 0.3) is 5.22 Å². The van der Waals surface area contributed by atoms with Crippen molar-refractivity contribution in [2.75, 3.05) is 5.73 Å². The number of nitrogens with zero attached hydrogens (tertiary/aromatic N) is 2. The zero-order valence-electron chi connectivity index (χ0n) is 10.1. The fraction of sp³-hybridized carbons (Fsp3) is 0. The lowest BCUT2D eigenvalue weighted by atomic mass is 10.2. The molecule has 3 aromatic rings. The van der Waals surface area contributed by atoms with Crippen molar-refractivity contribution in [3.63, 3.8) is 0 Å². The van der Waals surface area contributed by atoms with Crippen LogP contribution in [0.4, 0.5) is 5.69 Å². The molecule has 0 saturated heterocycles. The Morgan fingerprint density at radius 1 is 1.30 bits per heavy atom. The summed E-state index contributed by atoms with van der Waals surface area (Å²) in [5.41, 5.74) is 8.29. The Morgan fingerprint density at radius 2 is 2.15 bits per heavy atom. The summed E-state index contributed by atoms with van der Waals surface area (Å²) in [6.07, 6.45) is 0. The van der Waals surface area contributed by atoms with E-state index < -0.39 is 0 Å². The molecule has 0 bridgehead atoms. The molecule has 0 amide bonds. The van der Waals surface area contributed by atoms with Gasteiger partial charge in [0.05, 0.1) is 5.56 Å². The van der Waals surface area contributed by atoms with Crippen LogP contribution in [-0.2, 0) is 0 Å². The Bertz CT molecular complexity index is 838. The maximum Gasteiger partial charge on any atom is 0.261 e. The molecule has 2 aromatic carbocycles. The van der Waals surface area contributed by atoms with E-state index in [1.165, 1.54) is 11.8 Å². The van der Waals surface area contributed by atoms with Crippen LogP contribution in [0.15, 0.2) is 55.4 Å². The van der Waals surface area contributed by atoms with E-state index in [1.54, 1.807) is 12.1 Å². The van der Waals surface area contributed by atoms with E-state index in [0.717, 1.165) is 14.9 Å². The predicted octanol–water partition coefficient (Wildman–Crippen LogP) is 4.20. The van der Waals surface area contributed by atoms with Gasteiger partial charge in [0.2, 0.25) is 0 Å². The lowest BCUT2D eigenvalue weighted by molar-refractivity contribution is 0.489. The minimum atomic E-state index is 0.486. The first-order valence-electron chi connectivity index (χ1n) is 5.70. The summed E-state index contributed by atoms with van der Waals surface area (Å²) >= 11 is 4.67. The van der Waals surface area contributed by atoms with E-state index in [-0.39, 0.29) is 0 Å². The summed E-state index contributed by atoms with van der Waals surface area (Å²) < 4.78 is 6.39. The molecule has 0 unspecified atom stereocenters. The van der Waals surface area contributed by atoms with Crippen molar-refractivity contribution in [3.05, 3.63) is 46.4 Å². The zero-order valence-corrected chi connectivity index (χ0v) is 12.5. The molecule has 20 heavy (non-hydrogen) atoms. The number of benzene rings is 2. The van der Waals surface area contributed by atoms with Crippen molar-refractivity contribution >= 4 is 44.5 Å². The number of oxazole rings is 1. The minimum absolute atomic E-state index is 0.486. The van der Waals surface area contributed by atoms with Crippen LogP contribution in [0.2, 0.25) is 0 Å². The third kappa shape index (κ3) is 2.38. The highest BCUT2D eigenvalue weighted by atomic mass is 79.9. The number of rotatable bonds is 2. The highest BCUT2D eigenvalue weighted by Gasteiger charge is 2.12. The van der Waals surface area contributed by atoms with Crippen LogP contribution in [0.3, 0.4) is 0 Å². The molecule has 0 radical (unpaired) electrons. The molecule has 4 nitrogen and oxygen atoms in total. The molecular formula is C14H8BrN3OS. The highest BCUT2D eigenvalue weighted by molar-refractivity contribution is 9.10. The van der Waals surface area contributed by atoms with Gasteiger partial charge in [-0.15, -0.1) is 0 Å². The fourth-order valence-electron chi connectivity index (χ4n) is 1.76. The molecule has 3 rings (SSSR count). The first-order valence-corrected chi connectivity index (χ1v) is 7.31. The molecular weight excluding hydrogens is 338 g/mol. The van der Waals surface area contributed by atoms with Gasteiger partial charge >= 0.3 is 0 Å². The molecule has 98 valence electrons. The van der Waals surface area contributed by atoms with E-state index in [4.69, 9.17) is 10.2 Å². The molecule has 6 heteroatoms. The molecule has 0 spiro atoms. The monoisotopic (exact) mass is 345 g/mol. The Balaban J connectivity index is 2.02. The van der Waals surface area contributed by atoms with Gasteiger partial charge in [-0.05, 0) is 52.0 Å².